The number of nitrogens with one attached hydrogen (secondary N) is 1. The van der Waals surface area contributed by atoms with Gasteiger partial charge in [-0.25, -0.2) is 9.87 Å². The lowest BCUT2D eigenvalue weighted by Crippen LogP contribution is -2.25. The van der Waals surface area contributed by atoms with Gasteiger partial charge in [-0.3, -0.25) is 9.63 Å². The van der Waals surface area contributed by atoms with Crippen LogP contribution >= 0.6 is 11.8 Å². The summed E-state index contributed by atoms with van der Waals surface area (Å²) in [5.41, 5.74) is 2.32. The van der Waals surface area contributed by atoms with Gasteiger partial charge in [0.1, 0.15) is 5.82 Å². The van der Waals surface area contributed by atoms with Gasteiger partial charge in [-0.1, -0.05) is 0 Å². The molecule has 0 aliphatic carbocycles. The van der Waals surface area contributed by atoms with Gasteiger partial charge in [0, 0.05) is 24.2 Å². The molecule has 1 aromatic carbocycles. The number of hydrogen-bond donors (Lipinski definition) is 1. The molecule has 0 aliphatic heterocycles. The molecule has 0 aliphatic rings. The van der Waals surface area contributed by atoms with Crippen molar-refractivity contribution in [2.24, 2.45) is 0 Å². The van der Waals surface area contributed by atoms with E-state index in [2.05, 4.69) is 5.48 Å². The number of carbonyl (C=O) groups is 1. The summed E-state index contributed by atoms with van der Waals surface area (Å²) in [4.78, 5) is 17.1. The van der Waals surface area contributed by atoms with E-state index in [0.717, 1.165) is 4.90 Å². The van der Waals surface area contributed by atoms with Gasteiger partial charge in [-0.2, -0.15) is 0 Å². The van der Waals surface area contributed by atoms with Crippen LogP contribution in [-0.2, 0) is 14.4 Å². The maximum absolute atomic E-state index is 12.6. The number of ether oxygens (including phenoxy) is 1. The fourth-order valence-electron chi connectivity index (χ4n) is 1.10. The highest BCUT2D eigenvalue weighted by molar-refractivity contribution is 7.99. The van der Waals surface area contributed by atoms with Crippen LogP contribution in [0.3, 0.4) is 0 Å². The minimum Gasteiger partial charge on any atom is -0.382 e. The molecule has 0 radical (unpaired) electrons. The maximum Gasteiger partial charge on any atom is 0.244 e. The average Bonchev–Trinajstić information content (AvgIpc) is 2.37. The van der Waals surface area contributed by atoms with Gasteiger partial charge in [0.15, 0.2) is 0 Å². The van der Waals surface area contributed by atoms with Gasteiger partial charge >= 0.3 is 0 Å². The highest BCUT2D eigenvalue weighted by atomic mass is 32.2. The largest absolute Gasteiger partial charge is 0.382 e. The van der Waals surface area contributed by atoms with E-state index in [-0.39, 0.29) is 11.7 Å². The molecular weight excluding hydrogens is 257 g/mol. The third-order valence-electron chi connectivity index (χ3n) is 1.99. The Hall–Kier alpha value is -1.11. The van der Waals surface area contributed by atoms with Crippen LogP contribution in [-0.4, -0.2) is 32.0 Å². The monoisotopic (exact) mass is 273 g/mol. The Kier molecular flexibility index (Phi) is 7.40. The van der Waals surface area contributed by atoms with Gasteiger partial charge < -0.3 is 4.74 Å². The summed E-state index contributed by atoms with van der Waals surface area (Å²) in [6.07, 6.45) is 0.342. The van der Waals surface area contributed by atoms with Crippen molar-refractivity contribution in [1.29, 1.82) is 0 Å². The van der Waals surface area contributed by atoms with Gasteiger partial charge in [-0.15, -0.1) is 11.8 Å². The Labute approximate surface area is 110 Å². The Morgan fingerprint density at radius 2 is 2.06 bits per heavy atom. The first-order valence-electron chi connectivity index (χ1n) is 5.50. The van der Waals surface area contributed by atoms with Gasteiger partial charge in [0.05, 0.1) is 13.2 Å². The Bertz CT molecular complexity index is 359. The number of thioether (sulfide) groups is 1. The van der Waals surface area contributed by atoms with E-state index in [9.17, 15) is 9.18 Å². The first kappa shape index (κ1) is 14.9. The van der Waals surface area contributed by atoms with Gasteiger partial charge in [0.25, 0.3) is 0 Å². The van der Waals surface area contributed by atoms with Crippen LogP contribution in [0.5, 0.6) is 0 Å². The predicted molar refractivity (Wildman–Crippen MR) is 67.7 cm³/mol. The van der Waals surface area contributed by atoms with Crippen molar-refractivity contribution < 1.29 is 18.8 Å². The van der Waals surface area contributed by atoms with Crippen molar-refractivity contribution in [3.8, 4) is 0 Å². The molecule has 1 rings (SSSR count). The zero-order valence-electron chi connectivity index (χ0n) is 10.1. The summed E-state index contributed by atoms with van der Waals surface area (Å²) in [6, 6.07) is 6.17. The van der Waals surface area contributed by atoms with Gasteiger partial charge in [0.2, 0.25) is 5.91 Å². The zero-order chi connectivity index (χ0) is 13.2. The first-order chi connectivity index (χ1) is 8.72. The number of carbonyl (C=O) groups excluding carboxylic acids is 1. The lowest BCUT2D eigenvalue weighted by Gasteiger charge is -2.05. The SMILES string of the molecule is COCCONC(=O)CCSc1ccc(F)cc1. The number of benzene rings is 1. The lowest BCUT2D eigenvalue weighted by atomic mass is 10.4. The first-order valence-corrected chi connectivity index (χ1v) is 6.49. The van der Waals surface area contributed by atoms with E-state index in [1.165, 1.54) is 23.9 Å². The molecule has 0 atom stereocenters. The summed E-state index contributed by atoms with van der Waals surface area (Å²) >= 11 is 1.49. The van der Waals surface area contributed by atoms with Crippen LogP contribution in [0.25, 0.3) is 0 Å². The average molecular weight is 273 g/mol. The molecule has 1 aromatic rings. The van der Waals surface area contributed by atoms with Crippen molar-refractivity contribution in [2.45, 2.75) is 11.3 Å². The molecular formula is C12H16FNO3S. The van der Waals surface area contributed by atoms with E-state index < -0.39 is 0 Å². The lowest BCUT2D eigenvalue weighted by molar-refractivity contribution is -0.134. The summed E-state index contributed by atoms with van der Waals surface area (Å²) in [5.74, 6) is 0.176. The molecule has 0 unspecified atom stereocenters. The normalized spacial score (nSPS) is 10.3. The minimum atomic E-state index is -0.261. The van der Waals surface area contributed by atoms with Crippen LogP contribution in [0.2, 0.25) is 0 Å². The van der Waals surface area contributed by atoms with E-state index in [1.54, 1.807) is 19.2 Å². The fraction of sp³-hybridized carbons (Fsp3) is 0.417. The topological polar surface area (TPSA) is 47.6 Å². The second-order valence-corrected chi connectivity index (χ2v) is 4.59. The highest BCUT2D eigenvalue weighted by Crippen LogP contribution is 2.18. The molecule has 0 fully saturated rings. The van der Waals surface area contributed by atoms with Crippen molar-refractivity contribution in [2.75, 3.05) is 26.1 Å². The third kappa shape index (κ3) is 6.58. The number of hydroxylamine groups is 1. The Morgan fingerprint density at radius 3 is 2.72 bits per heavy atom. The molecule has 100 valence electrons. The standard InChI is InChI=1S/C12H16FNO3S/c1-16-7-8-17-14-12(15)6-9-18-11-4-2-10(13)3-5-11/h2-5H,6-9H2,1H3,(H,14,15). The molecule has 6 heteroatoms. The Balaban J connectivity index is 2.10. The maximum atomic E-state index is 12.6. The van der Waals surface area contributed by atoms with Crippen molar-refractivity contribution in [3.05, 3.63) is 30.1 Å². The third-order valence-corrected chi connectivity index (χ3v) is 3.00. The number of rotatable bonds is 8. The summed E-state index contributed by atoms with van der Waals surface area (Å²) in [7, 11) is 1.56. The van der Waals surface area contributed by atoms with E-state index in [1.807, 2.05) is 0 Å². The molecule has 0 saturated heterocycles. The quantitative estimate of drug-likeness (QED) is 0.447. The zero-order valence-corrected chi connectivity index (χ0v) is 11.0. The van der Waals surface area contributed by atoms with Crippen LogP contribution in [0, 0.1) is 5.82 Å². The molecule has 18 heavy (non-hydrogen) atoms. The predicted octanol–water partition coefficient (Wildman–Crippen LogP) is 2.00. The Morgan fingerprint density at radius 1 is 1.33 bits per heavy atom. The summed E-state index contributed by atoms with van der Waals surface area (Å²) < 4.78 is 17.4. The van der Waals surface area contributed by atoms with Crippen LogP contribution in [0.1, 0.15) is 6.42 Å². The minimum absolute atomic E-state index is 0.180. The summed E-state index contributed by atoms with van der Waals surface area (Å²) in [5, 5.41) is 0. The van der Waals surface area contributed by atoms with Crippen LogP contribution < -0.4 is 5.48 Å². The molecule has 4 nitrogen and oxygen atoms in total. The highest BCUT2D eigenvalue weighted by Gasteiger charge is 2.02. The number of amides is 1. The number of halogens is 1. The molecule has 0 heterocycles. The smallest absolute Gasteiger partial charge is 0.244 e. The van der Waals surface area contributed by atoms with E-state index in [0.29, 0.717) is 25.4 Å². The molecule has 0 spiro atoms. The molecule has 0 saturated carbocycles. The second-order valence-electron chi connectivity index (χ2n) is 3.42. The molecule has 0 bridgehead atoms. The fourth-order valence-corrected chi connectivity index (χ4v) is 1.95. The van der Waals surface area contributed by atoms with Crippen LogP contribution in [0.4, 0.5) is 4.39 Å². The molecule has 0 aromatic heterocycles. The molecule has 1 N–H and O–H groups in total. The van der Waals surface area contributed by atoms with E-state index >= 15 is 0 Å². The van der Waals surface area contributed by atoms with Crippen molar-refractivity contribution >= 4 is 17.7 Å². The van der Waals surface area contributed by atoms with Crippen molar-refractivity contribution in [1.82, 2.24) is 5.48 Å². The van der Waals surface area contributed by atoms with Gasteiger partial charge in [-0.05, 0) is 24.3 Å². The second kappa shape index (κ2) is 8.91. The van der Waals surface area contributed by atoms with Crippen LogP contribution in [0.15, 0.2) is 29.2 Å². The summed E-state index contributed by atoms with van der Waals surface area (Å²) in [6.45, 7) is 0.762. The van der Waals surface area contributed by atoms with E-state index in [4.69, 9.17) is 9.57 Å². The number of hydrogen-bond acceptors (Lipinski definition) is 4. The molecule has 1 amide bonds. The number of methoxy groups -OCH3 is 1. The van der Waals surface area contributed by atoms with Crippen molar-refractivity contribution in [3.63, 3.8) is 0 Å².